The summed E-state index contributed by atoms with van der Waals surface area (Å²) in [5.74, 6) is -0.342. The lowest BCUT2D eigenvalue weighted by molar-refractivity contribution is -0.384. The molecular formula is C19H19N3O5. The number of carbonyl (C=O) groups is 2. The monoisotopic (exact) mass is 369 g/mol. The molecule has 0 bridgehead atoms. The summed E-state index contributed by atoms with van der Waals surface area (Å²) in [7, 11) is 0. The van der Waals surface area contributed by atoms with Crippen LogP contribution in [0, 0.1) is 10.1 Å². The number of nitrogens with zero attached hydrogens (tertiary/aromatic N) is 2. The number of anilines is 1. The van der Waals surface area contributed by atoms with Crippen LogP contribution in [0.3, 0.4) is 0 Å². The van der Waals surface area contributed by atoms with E-state index in [4.69, 9.17) is 4.74 Å². The van der Waals surface area contributed by atoms with Gasteiger partial charge in [0.15, 0.2) is 0 Å². The summed E-state index contributed by atoms with van der Waals surface area (Å²) >= 11 is 0. The summed E-state index contributed by atoms with van der Waals surface area (Å²) in [6.45, 7) is 2.08. The molecule has 1 heterocycles. The summed E-state index contributed by atoms with van der Waals surface area (Å²) in [6, 6.07) is 12.9. The number of nitrogens with one attached hydrogen (secondary N) is 1. The number of nitro groups is 1. The largest absolute Gasteiger partial charge is 0.445 e. The number of nitro benzene ring substituents is 1. The van der Waals surface area contributed by atoms with E-state index in [9.17, 15) is 19.7 Å². The molecule has 0 unspecified atom stereocenters. The van der Waals surface area contributed by atoms with Gasteiger partial charge in [-0.2, -0.15) is 0 Å². The zero-order valence-electron chi connectivity index (χ0n) is 14.8. The summed E-state index contributed by atoms with van der Waals surface area (Å²) in [5, 5.41) is 13.5. The minimum atomic E-state index is -0.821. The van der Waals surface area contributed by atoms with E-state index in [1.54, 1.807) is 13.0 Å². The zero-order chi connectivity index (χ0) is 19.4. The van der Waals surface area contributed by atoms with Gasteiger partial charge in [0.1, 0.15) is 12.6 Å². The molecule has 2 amide bonds. The molecule has 2 aromatic carbocycles. The van der Waals surface area contributed by atoms with E-state index in [0.717, 1.165) is 11.1 Å². The minimum absolute atomic E-state index is 0.0728. The van der Waals surface area contributed by atoms with Crippen molar-refractivity contribution in [3.63, 3.8) is 0 Å². The van der Waals surface area contributed by atoms with Crippen molar-refractivity contribution in [2.24, 2.45) is 0 Å². The van der Waals surface area contributed by atoms with Crippen molar-refractivity contribution < 1.29 is 19.2 Å². The molecular weight excluding hydrogens is 350 g/mol. The standard InChI is InChI=1S/C19H19N3O5/c1-13(20-19(24)27-12-14-5-3-2-4-6-14)18(23)21-10-9-15-7-8-16(22(25)26)11-17(15)21/h2-8,11,13H,9-10,12H2,1H3,(H,20,24)/t13-/m0/s1. The van der Waals surface area contributed by atoms with E-state index in [-0.39, 0.29) is 18.2 Å². The molecule has 1 N–H and O–H groups in total. The Labute approximate surface area is 155 Å². The van der Waals surface area contributed by atoms with Crippen LogP contribution in [0.1, 0.15) is 18.1 Å². The second-order valence-electron chi connectivity index (χ2n) is 6.24. The molecule has 0 aromatic heterocycles. The number of hydrogen-bond donors (Lipinski definition) is 1. The van der Waals surface area contributed by atoms with E-state index in [1.165, 1.54) is 17.0 Å². The number of hydrogen-bond acceptors (Lipinski definition) is 5. The molecule has 3 rings (SSSR count). The highest BCUT2D eigenvalue weighted by atomic mass is 16.6. The molecule has 1 atom stereocenters. The normalized spacial score (nSPS) is 13.6. The molecule has 0 aliphatic carbocycles. The number of fused-ring (bicyclic) bond motifs is 1. The summed E-state index contributed by atoms with van der Waals surface area (Å²) in [4.78, 5) is 36.6. The number of benzene rings is 2. The fourth-order valence-electron chi connectivity index (χ4n) is 2.95. The second kappa shape index (κ2) is 7.86. The van der Waals surface area contributed by atoms with Crippen LogP contribution in [-0.4, -0.2) is 29.5 Å². The third-order valence-electron chi connectivity index (χ3n) is 4.36. The molecule has 1 aliphatic heterocycles. The van der Waals surface area contributed by atoms with Crippen molar-refractivity contribution in [1.29, 1.82) is 0 Å². The van der Waals surface area contributed by atoms with Crippen LogP contribution in [0.2, 0.25) is 0 Å². The fourth-order valence-corrected chi connectivity index (χ4v) is 2.95. The first-order valence-corrected chi connectivity index (χ1v) is 8.51. The van der Waals surface area contributed by atoms with E-state index in [2.05, 4.69) is 5.32 Å². The molecule has 8 heteroatoms. The van der Waals surface area contributed by atoms with Gasteiger partial charge >= 0.3 is 6.09 Å². The van der Waals surface area contributed by atoms with Gasteiger partial charge in [0.05, 0.1) is 10.6 Å². The van der Waals surface area contributed by atoms with Crippen LogP contribution < -0.4 is 10.2 Å². The number of non-ortho nitro benzene ring substituents is 1. The smallest absolute Gasteiger partial charge is 0.408 e. The fraction of sp³-hybridized carbons (Fsp3) is 0.263. The van der Waals surface area contributed by atoms with Gasteiger partial charge < -0.3 is 15.0 Å². The first-order valence-electron chi connectivity index (χ1n) is 8.51. The van der Waals surface area contributed by atoms with Crippen LogP contribution in [-0.2, 0) is 22.6 Å². The van der Waals surface area contributed by atoms with Gasteiger partial charge in [0.2, 0.25) is 5.91 Å². The predicted octanol–water partition coefficient (Wildman–Crippen LogP) is 2.80. The Hall–Kier alpha value is -3.42. The lowest BCUT2D eigenvalue weighted by atomic mass is 10.1. The van der Waals surface area contributed by atoms with Gasteiger partial charge in [-0.1, -0.05) is 36.4 Å². The number of carbonyl (C=O) groups excluding carboxylic acids is 2. The highest BCUT2D eigenvalue weighted by Crippen LogP contribution is 2.32. The number of rotatable bonds is 5. The summed E-state index contributed by atoms with van der Waals surface area (Å²) in [6.07, 6.45) is -0.0808. The quantitative estimate of drug-likeness (QED) is 0.645. The molecule has 1 aliphatic rings. The van der Waals surface area contributed by atoms with Gasteiger partial charge in [-0.3, -0.25) is 14.9 Å². The Bertz CT molecular complexity index is 869. The Morgan fingerprint density at radius 1 is 1.26 bits per heavy atom. The molecule has 0 radical (unpaired) electrons. The SMILES string of the molecule is C[C@H](NC(=O)OCc1ccccc1)C(=O)N1CCc2ccc([N+](=O)[O-])cc21. The average molecular weight is 369 g/mol. The maximum absolute atomic E-state index is 12.7. The molecule has 140 valence electrons. The second-order valence-corrected chi connectivity index (χ2v) is 6.24. The van der Waals surface area contributed by atoms with E-state index >= 15 is 0 Å². The topological polar surface area (TPSA) is 102 Å². The van der Waals surface area contributed by atoms with Crippen molar-refractivity contribution in [2.75, 3.05) is 11.4 Å². The van der Waals surface area contributed by atoms with E-state index in [0.29, 0.717) is 18.7 Å². The lowest BCUT2D eigenvalue weighted by Crippen LogP contribution is -2.46. The van der Waals surface area contributed by atoms with Crippen molar-refractivity contribution in [2.45, 2.75) is 26.0 Å². The van der Waals surface area contributed by atoms with Crippen molar-refractivity contribution in [3.8, 4) is 0 Å². The maximum Gasteiger partial charge on any atom is 0.408 e. The molecule has 27 heavy (non-hydrogen) atoms. The maximum atomic E-state index is 12.7. The minimum Gasteiger partial charge on any atom is -0.445 e. The third kappa shape index (κ3) is 4.22. The van der Waals surface area contributed by atoms with Crippen molar-refractivity contribution in [3.05, 3.63) is 69.8 Å². The molecule has 2 aromatic rings. The van der Waals surface area contributed by atoms with Gasteiger partial charge in [-0.05, 0) is 24.5 Å². The van der Waals surface area contributed by atoms with Crippen LogP contribution in [0.4, 0.5) is 16.2 Å². The van der Waals surface area contributed by atoms with Crippen LogP contribution in [0.5, 0.6) is 0 Å². The summed E-state index contributed by atoms with van der Waals surface area (Å²) < 4.78 is 5.12. The summed E-state index contributed by atoms with van der Waals surface area (Å²) in [5.41, 5.74) is 2.15. The predicted molar refractivity (Wildman–Crippen MR) is 98.4 cm³/mol. The first kappa shape index (κ1) is 18.4. The molecule has 0 fully saturated rings. The van der Waals surface area contributed by atoms with Crippen molar-refractivity contribution in [1.82, 2.24) is 5.32 Å². The third-order valence-corrected chi connectivity index (χ3v) is 4.36. The van der Waals surface area contributed by atoms with Crippen LogP contribution >= 0.6 is 0 Å². The first-order chi connectivity index (χ1) is 13.0. The van der Waals surface area contributed by atoms with Crippen molar-refractivity contribution >= 4 is 23.4 Å². The Morgan fingerprint density at radius 2 is 2.00 bits per heavy atom. The average Bonchev–Trinajstić information content (AvgIpc) is 3.09. The van der Waals surface area contributed by atoms with Gasteiger partial charge in [0, 0.05) is 18.7 Å². The number of alkyl carbamates (subject to hydrolysis) is 1. The van der Waals surface area contributed by atoms with E-state index in [1.807, 2.05) is 30.3 Å². The molecule has 0 spiro atoms. The molecule has 0 saturated carbocycles. The van der Waals surface area contributed by atoms with Crippen LogP contribution in [0.15, 0.2) is 48.5 Å². The van der Waals surface area contributed by atoms with Gasteiger partial charge in [-0.15, -0.1) is 0 Å². The van der Waals surface area contributed by atoms with Crippen LogP contribution in [0.25, 0.3) is 0 Å². The molecule has 0 saturated heterocycles. The highest BCUT2D eigenvalue weighted by Gasteiger charge is 2.30. The highest BCUT2D eigenvalue weighted by molar-refractivity contribution is 6.00. The van der Waals surface area contributed by atoms with E-state index < -0.39 is 17.1 Å². The van der Waals surface area contributed by atoms with Gasteiger partial charge in [-0.25, -0.2) is 4.79 Å². The number of amides is 2. The molecule has 8 nitrogen and oxygen atoms in total. The number of ether oxygens (including phenoxy) is 1. The Morgan fingerprint density at radius 3 is 2.70 bits per heavy atom. The zero-order valence-corrected chi connectivity index (χ0v) is 14.8. The van der Waals surface area contributed by atoms with Gasteiger partial charge in [0.25, 0.3) is 5.69 Å². The Kier molecular flexibility index (Phi) is 5.35. The Balaban J connectivity index is 1.61. The lowest BCUT2D eigenvalue weighted by Gasteiger charge is -2.22.